The van der Waals surface area contributed by atoms with Crippen molar-refractivity contribution in [1.82, 2.24) is 5.32 Å². The van der Waals surface area contributed by atoms with Gasteiger partial charge in [-0.05, 0) is 58.7 Å². The predicted octanol–water partition coefficient (Wildman–Crippen LogP) is 4.37. The number of hydrogen-bond acceptors (Lipinski definition) is 1. The van der Waals surface area contributed by atoms with E-state index in [1.807, 2.05) is 0 Å². The Kier molecular flexibility index (Phi) is 4.83. The number of nitrogens with one attached hydrogen (secondary N) is 1. The molecule has 0 spiro atoms. The smallest absolute Gasteiger partial charge is 0.137 e. The molecule has 0 aliphatic carbocycles. The van der Waals surface area contributed by atoms with Gasteiger partial charge in [-0.3, -0.25) is 0 Å². The van der Waals surface area contributed by atoms with Crippen molar-refractivity contribution in [2.45, 2.75) is 12.5 Å². The molecule has 1 N–H and O–H groups in total. The molecule has 0 aromatic heterocycles. The average molecular weight is 344 g/mol. The van der Waals surface area contributed by atoms with Crippen molar-refractivity contribution in [2.24, 2.45) is 0 Å². The number of benzene rings is 2. The van der Waals surface area contributed by atoms with Crippen molar-refractivity contribution in [3.63, 3.8) is 0 Å². The van der Waals surface area contributed by atoms with Crippen molar-refractivity contribution in [3.05, 3.63) is 69.4 Å². The molecule has 0 saturated carbocycles. The van der Waals surface area contributed by atoms with Crippen molar-refractivity contribution >= 4 is 15.9 Å². The van der Waals surface area contributed by atoms with Crippen LogP contribution >= 0.6 is 15.9 Å². The molecule has 0 aliphatic rings. The number of hydrogen-bond donors (Lipinski definition) is 1. The van der Waals surface area contributed by atoms with Gasteiger partial charge in [-0.25, -0.2) is 13.2 Å². The zero-order valence-electron chi connectivity index (χ0n) is 10.8. The third kappa shape index (κ3) is 3.41. The number of rotatable bonds is 4. The Morgan fingerprint density at radius 1 is 1.05 bits per heavy atom. The van der Waals surface area contributed by atoms with Gasteiger partial charge in [0.2, 0.25) is 0 Å². The lowest BCUT2D eigenvalue weighted by atomic mass is 9.98. The molecular weight excluding hydrogens is 331 g/mol. The van der Waals surface area contributed by atoms with Crippen LogP contribution < -0.4 is 5.32 Å². The van der Waals surface area contributed by atoms with E-state index in [9.17, 15) is 13.2 Å². The first kappa shape index (κ1) is 15.1. The van der Waals surface area contributed by atoms with Crippen LogP contribution in [0.3, 0.4) is 0 Å². The van der Waals surface area contributed by atoms with Gasteiger partial charge in [-0.2, -0.15) is 0 Å². The van der Waals surface area contributed by atoms with E-state index >= 15 is 0 Å². The van der Waals surface area contributed by atoms with Gasteiger partial charge in [0.1, 0.15) is 17.5 Å². The quantitative estimate of drug-likeness (QED) is 0.869. The van der Waals surface area contributed by atoms with Crippen LogP contribution in [0.4, 0.5) is 13.2 Å². The summed E-state index contributed by atoms with van der Waals surface area (Å²) < 4.78 is 40.5. The fourth-order valence-corrected chi connectivity index (χ4v) is 2.27. The van der Waals surface area contributed by atoms with E-state index in [2.05, 4.69) is 21.2 Å². The highest BCUT2D eigenvalue weighted by Crippen LogP contribution is 2.24. The molecule has 1 nitrogen and oxygen atoms in total. The van der Waals surface area contributed by atoms with Gasteiger partial charge >= 0.3 is 0 Å². The van der Waals surface area contributed by atoms with Crippen molar-refractivity contribution in [2.75, 3.05) is 7.05 Å². The molecule has 0 radical (unpaired) electrons. The molecule has 0 saturated heterocycles. The minimum absolute atomic E-state index is 0.252. The second-order valence-corrected chi connectivity index (χ2v) is 5.31. The van der Waals surface area contributed by atoms with Crippen LogP contribution in [0.15, 0.2) is 40.9 Å². The molecule has 0 aliphatic heterocycles. The Bertz CT molecular complexity index is 616. The van der Waals surface area contributed by atoms with E-state index in [1.165, 1.54) is 18.2 Å². The van der Waals surface area contributed by atoms with Crippen LogP contribution in [-0.2, 0) is 6.42 Å². The fraction of sp³-hybridized carbons (Fsp3) is 0.200. The van der Waals surface area contributed by atoms with Crippen molar-refractivity contribution < 1.29 is 13.2 Å². The lowest BCUT2D eigenvalue weighted by Crippen LogP contribution is -2.19. The van der Waals surface area contributed by atoms with Crippen LogP contribution in [0, 0.1) is 17.5 Å². The lowest BCUT2D eigenvalue weighted by Gasteiger charge is -2.17. The van der Waals surface area contributed by atoms with Crippen LogP contribution in [0.1, 0.15) is 17.2 Å². The second kappa shape index (κ2) is 6.41. The maximum Gasteiger partial charge on any atom is 0.137 e. The molecule has 20 heavy (non-hydrogen) atoms. The molecule has 0 heterocycles. The normalized spacial score (nSPS) is 12.4. The monoisotopic (exact) mass is 343 g/mol. The summed E-state index contributed by atoms with van der Waals surface area (Å²) in [6.07, 6.45) is 0.309. The Morgan fingerprint density at radius 2 is 1.80 bits per heavy atom. The summed E-state index contributed by atoms with van der Waals surface area (Å²) in [6, 6.07) is 7.98. The highest BCUT2D eigenvalue weighted by molar-refractivity contribution is 9.10. The van der Waals surface area contributed by atoms with Gasteiger partial charge in [0.25, 0.3) is 0 Å². The van der Waals surface area contributed by atoms with Crippen LogP contribution in [-0.4, -0.2) is 7.05 Å². The zero-order valence-corrected chi connectivity index (χ0v) is 12.3. The fourth-order valence-electron chi connectivity index (χ4n) is 2.02. The molecule has 0 bridgehead atoms. The summed E-state index contributed by atoms with van der Waals surface area (Å²) >= 11 is 3.09. The van der Waals surface area contributed by atoms with Gasteiger partial charge in [-0.1, -0.05) is 12.1 Å². The molecule has 1 atom stereocenters. The minimum Gasteiger partial charge on any atom is -0.313 e. The minimum atomic E-state index is -0.609. The first-order valence-electron chi connectivity index (χ1n) is 6.07. The van der Waals surface area contributed by atoms with E-state index in [0.29, 0.717) is 22.0 Å². The van der Waals surface area contributed by atoms with E-state index in [-0.39, 0.29) is 11.9 Å². The summed E-state index contributed by atoms with van der Waals surface area (Å²) in [5.74, 6) is -1.58. The van der Waals surface area contributed by atoms with E-state index < -0.39 is 11.6 Å². The third-order valence-corrected chi connectivity index (χ3v) is 3.78. The predicted molar refractivity (Wildman–Crippen MR) is 76.0 cm³/mol. The highest BCUT2D eigenvalue weighted by atomic mass is 79.9. The molecule has 5 heteroatoms. The molecule has 2 rings (SSSR count). The van der Waals surface area contributed by atoms with E-state index in [4.69, 9.17) is 0 Å². The van der Waals surface area contributed by atoms with E-state index in [0.717, 1.165) is 6.07 Å². The van der Waals surface area contributed by atoms with Gasteiger partial charge in [0, 0.05) is 12.1 Å². The Hall–Kier alpha value is -1.33. The standard InChI is InChI=1S/C15H13BrF3N/c1-20-15(10-3-5-12(16)14(19)6-10)7-9-2-4-11(17)8-13(9)18/h2-6,8,15,20H,7H2,1H3. The number of halogens is 4. The topological polar surface area (TPSA) is 12.0 Å². The van der Waals surface area contributed by atoms with E-state index in [1.54, 1.807) is 19.2 Å². The molecule has 1 unspecified atom stereocenters. The summed E-state index contributed by atoms with van der Waals surface area (Å²) in [5, 5.41) is 3.01. The summed E-state index contributed by atoms with van der Waals surface area (Å²) in [6.45, 7) is 0. The molecule has 2 aromatic carbocycles. The molecule has 106 valence electrons. The molecule has 0 amide bonds. The SMILES string of the molecule is CNC(Cc1ccc(F)cc1F)c1ccc(Br)c(F)c1. The first-order valence-corrected chi connectivity index (χ1v) is 6.86. The summed E-state index contributed by atoms with van der Waals surface area (Å²) in [4.78, 5) is 0. The molecule has 2 aromatic rings. The van der Waals surface area contributed by atoms with Crippen LogP contribution in [0.5, 0.6) is 0 Å². The maximum absolute atomic E-state index is 13.7. The molecule has 0 fully saturated rings. The van der Waals surface area contributed by atoms with Crippen molar-refractivity contribution in [3.8, 4) is 0 Å². The summed E-state index contributed by atoms with van der Waals surface area (Å²) in [7, 11) is 1.71. The molecular formula is C15H13BrF3N. The first-order chi connectivity index (χ1) is 9.51. The summed E-state index contributed by atoms with van der Waals surface area (Å²) in [5.41, 5.74) is 1.09. The zero-order chi connectivity index (χ0) is 14.7. The van der Waals surface area contributed by atoms with Crippen LogP contribution in [0.2, 0.25) is 0 Å². The highest BCUT2D eigenvalue weighted by Gasteiger charge is 2.14. The average Bonchev–Trinajstić information content (AvgIpc) is 2.41. The lowest BCUT2D eigenvalue weighted by molar-refractivity contribution is 0.537. The van der Waals surface area contributed by atoms with Gasteiger partial charge in [0.05, 0.1) is 4.47 Å². The van der Waals surface area contributed by atoms with Gasteiger partial charge < -0.3 is 5.32 Å². The third-order valence-electron chi connectivity index (χ3n) is 3.13. The maximum atomic E-state index is 13.7. The van der Waals surface area contributed by atoms with Gasteiger partial charge in [-0.15, -0.1) is 0 Å². The Balaban J connectivity index is 2.26. The Labute approximate surface area is 123 Å². The second-order valence-electron chi connectivity index (χ2n) is 4.45. The van der Waals surface area contributed by atoms with Crippen LogP contribution in [0.25, 0.3) is 0 Å². The largest absolute Gasteiger partial charge is 0.313 e. The van der Waals surface area contributed by atoms with Crippen molar-refractivity contribution in [1.29, 1.82) is 0 Å². The number of likely N-dealkylation sites (N-methyl/N-ethyl adjacent to an activating group) is 1. The Morgan fingerprint density at radius 3 is 2.40 bits per heavy atom. The van der Waals surface area contributed by atoms with Gasteiger partial charge in [0.15, 0.2) is 0 Å².